The minimum absolute atomic E-state index is 0.0511. The van der Waals surface area contributed by atoms with Crippen LogP contribution in [0.2, 0.25) is 5.02 Å². The monoisotopic (exact) mass is 890 g/mol. The summed E-state index contributed by atoms with van der Waals surface area (Å²) in [5.74, 6) is 0.121. The topological polar surface area (TPSA) is 136 Å². The average molecular weight is 892 g/mol. The van der Waals surface area contributed by atoms with E-state index in [4.69, 9.17) is 31.0 Å². The van der Waals surface area contributed by atoms with Crippen molar-refractivity contribution in [1.82, 2.24) is 28.9 Å². The smallest absolute Gasteiger partial charge is 0.311 e. The van der Waals surface area contributed by atoms with Gasteiger partial charge in [-0.15, -0.1) is 0 Å². The molecule has 2 aliphatic heterocycles. The van der Waals surface area contributed by atoms with Crippen LogP contribution in [-0.2, 0) is 54.3 Å². The maximum Gasteiger partial charge on any atom is 0.311 e. The van der Waals surface area contributed by atoms with E-state index >= 15 is 0 Å². The molecule has 0 saturated heterocycles. The number of hydrogen-bond donors (Lipinski definition) is 2. The molecule has 2 aromatic carbocycles. The van der Waals surface area contributed by atoms with Crippen molar-refractivity contribution in [3.63, 3.8) is 0 Å². The Morgan fingerprint density at radius 3 is 1.92 bits per heavy atom. The summed E-state index contributed by atoms with van der Waals surface area (Å²) in [5.41, 5.74) is 8.39. The van der Waals surface area contributed by atoms with E-state index in [9.17, 15) is 14.4 Å². The first kappa shape index (κ1) is 43.3. The average Bonchev–Trinajstić information content (AvgIpc) is 4.15. The van der Waals surface area contributed by atoms with Gasteiger partial charge >= 0.3 is 5.97 Å². The number of amides is 2. The van der Waals surface area contributed by atoms with Crippen molar-refractivity contribution in [2.75, 3.05) is 57.6 Å². The van der Waals surface area contributed by atoms with Crippen LogP contribution in [0.4, 0.5) is 11.4 Å². The number of methoxy groups -OCH3 is 2. The van der Waals surface area contributed by atoms with Gasteiger partial charge in [-0.25, -0.2) is 9.97 Å². The van der Waals surface area contributed by atoms with Crippen molar-refractivity contribution in [2.45, 2.75) is 103 Å². The van der Waals surface area contributed by atoms with Crippen molar-refractivity contribution < 1.29 is 23.9 Å². The lowest BCUT2D eigenvalue weighted by molar-refractivity contribution is -0.152. The number of hydrogen-bond acceptors (Lipinski definition) is 9. The van der Waals surface area contributed by atoms with Crippen LogP contribution < -0.4 is 10.6 Å². The molecule has 0 atom stereocenters. The van der Waals surface area contributed by atoms with E-state index < -0.39 is 0 Å². The summed E-state index contributed by atoms with van der Waals surface area (Å²) in [6.07, 6.45) is 14.2. The summed E-state index contributed by atoms with van der Waals surface area (Å²) in [6, 6.07) is 11.4. The number of ether oxygens (including phenoxy) is 2. The van der Waals surface area contributed by atoms with Gasteiger partial charge in [0, 0.05) is 89.4 Å². The number of nitrogens with one attached hydrogen (secondary N) is 2. The van der Waals surface area contributed by atoms with Gasteiger partial charge in [-0.3, -0.25) is 24.2 Å². The lowest BCUT2D eigenvalue weighted by Crippen LogP contribution is -2.39. The van der Waals surface area contributed by atoms with Gasteiger partial charge in [-0.2, -0.15) is 0 Å². The number of benzene rings is 2. The SMILES string of the molecule is COCC12CCC(CCN3CCc4c(nc(C(=O)Nc5cccc(-c6cccc(NC(=O)c7nc8c(n7C)CCN(CC79CCC(C(=O)OC)(CC7)C9)C8)c6Cl)c5C)n4C)C3)(CC1)C2. The molecule has 4 bridgehead atoms. The molecule has 2 amide bonds. The molecule has 14 heteroatoms. The van der Waals surface area contributed by atoms with Gasteiger partial charge in [0.05, 0.1) is 41.2 Å². The van der Waals surface area contributed by atoms with Crippen LogP contribution in [0.25, 0.3) is 11.1 Å². The maximum absolute atomic E-state index is 13.9. The Morgan fingerprint density at radius 2 is 1.28 bits per heavy atom. The van der Waals surface area contributed by atoms with E-state index in [1.165, 1.54) is 45.6 Å². The molecule has 0 unspecified atom stereocenters. The molecule has 2 N–H and O–H groups in total. The molecule has 6 aliphatic rings. The summed E-state index contributed by atoms with van der Waals surface area (Å²) in [4.78, 5) is 55.3. The Hall–Kier alpha value is -4.56. The largest absolute Gasteiger partial charge is 0.469 e. The molecule has 4 aromatic rings. The van der Waals surface area contributed by atoms with Crippen molar-refractivity contribution in [3.05, 3.63) is 81.4 Å². The fraction of sp³-hybridized carbons (Fsp3) is 0.580. The summed E-state index contributed by atoms with van der Waals surface area (Å²) in [6.45, 7) is 8.14. The third-order valence-corrected chi connectivity index (χ3v) is 17.3. The first-order valence-corrected chi connectivity index (χ1v) is 23.8. The molecule has 2 aromatic heterocycles. The molecule has 0 radical (unpaired) electrons. The van der Waals surface area contributed by atoms with Gasteiger partial charge < -0.3 is 29.2 Å². The van der Waals surface area contributed by atoms with E-state index in [0.717, 1.165) is 124 Å². The highest BCUT2D eigenvalue weighted by Crippen LogP contribution is 2.64. The Labute approximate surface area is 381 Å². The molecule has 4 fully saturated rings. The number of esters is 1. The van der Waals surface area contributed by atoms with Gasteiger partial charge in [0.2, 0.25) is 0 Å². The van der Waals surface area contributed by atoms with E-state index in [-0.39, 0.29) is 28.6 Å². The zero-order valence-electron chi connectivity index (χ0n) is 38.2. The van der Waals surface area contributed by atoms with Crippen LogP contribution in [0.5, 0.6) is 0 Å². The summed E-state index contributed by atoms with van der Waals surface area (Å²) >= 11 is 7.11. The molecular weight excluding hydrogens is 828 g/mol. The molecule has 13 nitrogen and oxygen atoms in total. The molecule has 340 valence electrons. The van der Waals surface area contributed by atoms with E-state index in [1.807, 2.05) is 67.6 Å². The number of carbonyl (C=O) groups is 3. The highest BCUT2D eigenvalue weighted by molar-refractivity contribution is 6.36. The van der Waals surface area contributed by atoms with Gasteiger partial charge in [0.15, 0.2) is 11.6 Å². The third kappa shape index (κ3) is 7.48. The molecule has 64 heavy (non-hydrogen) atoms. The van der Waals surface area contributed by atoms with E-state index in [0.29, 0.717) is 45.4 Å². The number of aromatic nitrogens is 4. The number of anilines is 2. The molecule has 4 saturated carbocycles. The standard InChI is InChI=1S/C50H63ClN8O5/c1-32-33(8-6-10-35(32)54-44(60)42-52-37-26-58(23-12-39(37)56(42)2)25-22-47-14-16-49(28-47,17-15-47)31-63-4)34-9-7-11-36(41(34)51)55-45(61)43-53-38-27-59(24-13-40(38)57(43)3)30-48-18-20-50(29-48,21-19-48)46(62)64-5/h6-11H,12-31H2,1-5H3,(H,54,60)(H,55,61). The number of nitrogens with zero attached hydrogens (tertiary/aromatic N) is 6. The number of carbonyl (C=O) groups excluding carboxylic acids is 3. The summed E-state index contributed by atoms with van der Waals surface area (Å²) in [7, 11) is 7.19. The minimum Gasteiger partial charge on any atom is -0.469 e. The van der Waals surface area contributed by atoms with E-state index in [1.54, 1.807) is 6.07 Å². The van der Waals surface area contributed by atoms with Crippen LogP contribution in [-0.4, -0.2) is 93.7 Å². The zero-order chi connectivity index (χ0) is 44.6. The first-order valence-electron chi connectivity index (χ1n) is 23.4. The molecular formula is C50H63ClN8O5. The zero-order valence-corrected chi connectivity index (χ0v) is 39.0. The molecule has 10 rings (SSSR count). The normalized spacial score (nSPS) is 27.2. The van der Waals surface area contributed by atoms with Gasteiger partial charge in [0.1, 0.15) is 0 Å². The van der Waals surface area contributed by atoms with Gasteiger partial charge in [-0.1, -0.05) is 35.9 Å². The summed E-state index contributed by atoms with van der Waals surface area (Å²) < 4.78 is 14.7. The van der Waals surface area contributed by atoms with E-state index in [2.05, 4.69) is 20.4 Å². The van der Waals surface area contributed by atoms with Crippen LogP contribution in [0.1, 0.15) is 120 Å². The van der Waals surface area contributed by atoms with Crippen molar-refractivity contribution >= 4 is 40.8 Å². The second-order valence-electron chi connectivity index (χ2n) is 20.6. The van der Waals surface area contributed by atoms with Crippen molar-refractivity contribution in [2.24, 2.45) is 35.8 Å². The fourth-order valence-corrected chi connectivity index (χ4v) is 13.6. The highest BCUT2D eigenvalue weighted by Gasteiger charge is 2.59. The third-order valence-electron chi connectivity index (χ3n) is 16.9. The minimum atomic E-state index is -0.328. The highest BCUT2D eigenvalue weighted by atomic mass is 35.5. The number of fused-ring (bicyclic) bond motifs is 6. The molecule has 0 spiro atoms. The van der Waals surface area contributed by atoms with Crippen LogP contribution in [0.15, 0.2) is 36.4 Å². The fourth-order valence-electron chi connectivity index (χ4n) is 13.4. The predicted octanol–water partition coefficient (Wildman–Crippen LogP) is 8.11. The number of halogens is 1. The Bertz CT molecular complexity index is 2510. The van der Waals surface area contributed by atoms with Gasteiger partial charge in [-0.05, 0) is 124 Å². The lowest BCUT2D eigenvalue weighted by atomic mass is 9.80. The van der Waals surface area contributed by atoms with Crippen LogP contribution in [0, 0.1) is 28.6 Å². The first-order chi connectivity index (χ1) is 30.8. The quantitative estimate of drug-likeness (QED) is 0.128. The van der Waals surface area contributed by atoms with Crippen LogP contribution in [0.3, 0.4) is 0 Å². The molecule has 4 aliphatic carbocycles. The number of rotatable bonds is 13. The Kier molecular flexibility index (Phi) is 11.1. The second kappa shape index (κ2) is 16.4. The lowest BCUT2D eigenvalue weighted by Gasteiger charge is -2.35. The Morgan fingerprint density at radius 1 is 0.719 bits per heavy atom. The van der Waals surface area contributed by atoms with Crippen LogP contribution >= 0.6 is 11.6 Å². The van der Waals surface area contributed by atoms with Crippen molar-refractivity contribution in [3.8, 4) is 11.1 Å². The van der Waals surface area contributed by atoms with Crippen molar-refractivity contribution in [1.29, 1.82) is 0 Å². The predicted molar refractivity (Wildman–Crippen MR) is 246 cm³/mol. The molecule has 4 heterocycles. The summed E-state index contributed by atoms with van der Waals surface area (Å²) in [5, 5.41) is 6.61. The maximum atomic E-state index is 13.9. The second-order valence-corrected chi connectivity index (χ2v) is 21.0. The Balaban J connectivity index is 0.786. The van der Waals surface area contributed by atoms with Gasteiger partial charge in [0.25, 0.3) is 11.8 Å². The number of imidazole rings is 2.